The lowest BCUT2D eigenvalue weighted by molar-refractivity contribution is -0.570. The second kappa shape index (κ2) is 7.55. The molecule has 4 heterocycles. The van der Waals surface area contributed by atoms with Crippen LogP contribution < -0.4 is 0 Å². The Bertz CT molecular complexity index is 884. The molecule has 1 aromatic rings. The van der Waals surface area contributed by atoms with Crippen molar-refractivity contribution in [3.8, 4) is 0 Å². The zero-order chi connectivity index (χ0) is 22.9. The van der Waals surface area contributed by atoms with Gasteiger partial charge < -0.3 is 9.47 Å². The van der Waals surface area contributed by atoms with Gasteiger partial charge in [0, 0.05) is 12.3 Å². The van der Waals surface area contributed by atoms with Crippen molar-refractivity contribution in [1.29, 1.82) is 0 Å². The van der Waals surface area contributed by atoms with Gasteiger partial charge in [0.15, 0.2) is 11.9 Å². The van der Waals surface area contributed by atoms with Crippen LogP contribution >= 0.6 is 0 Å². The van der Waals surface area contributed by atoms with Gasteiger partial charge in [0.2, 0.25) is 5.79 Å². The molecule has 0 unspecified atom stereocenters. The van der Waals surface area contributed by atoms with E-state index < -0.39 is 29.4 Å². The largest absolute Gasteiger partial charge is 0.416 e. The van der Waals surface area contributed by atoms with Crippen LogP contribution in [0.1, 0.15) is 64.0 Å². The van der Waals surface area contributed by atoms with Gasteiger partial charge in [-0.1, -0.05) is 32.6 Å². The van der Waals surface area contributed by atoms with Crippen molar-refractivity contribution >= 4 is 5.57 Å². The van der Waals surface area contributed by atoms with Gasteiger partial charge in [-0.3, -0.25) is 0 Å². The maximum Gasteiger partial charge on any atom is 0.416 e. The number of rotatable bonds is 3. The van der Waals surface area contributed by atoms with E-state index in [0.717, 1.165) is 43.4 Å². The van der Waals surface area contributed by atoms with Crippen molar-refractivity contribution in [2.24, 2.45) is 23.7 Å². The topological polar surface area (TPSA) is 36.9 Å². The summed E-state index contributed by atoms with van der Waals surface area (Å²) in [6, 6.07) is 5.18. The van der Waals surface area contributed by atoms with Gasteiger partial charge in [0.1, 0.15) is 0 Å². The third-order valence-electron chi connectivity index (χ3n) is 8.36. The highest BCUT2D eigenvalue weighted by Gasteiger charge is 2.69. The van der Waals surface area contributed by atoms with E-state index in [0.29, 0.717) is 23.8 Å². The first kappa shape index (κ1) is 22.4. The average molecular weight is 453 g/mol. The molecule has 7 heteroatoms. The molecule has 6 rings (SSSR count). The molecular formula is C25H31F3O4. The Morgan fingerprint density at radius 1 is 1.06 bits per heavy atom. The van der Waals surface area contributed by atoms with Crippen molar-refractivity contribution in [2.45, 2.75) is 82.8 Å². The predicted octanol–water partition coefficient (Wildman–Crippen LogP) is 6.36. The standard InChI is InChI=1S/C25H31F3O4/c1-14-5-10-20-16(3)21(13-15(2)17-6-8-18(9-7-17)25(26,27)28)29-22-24(20)19(14)11-12-23(4,30-22)31-32-24/h6-9,14,16,19-22H,2,5,10-13H2,1,3-4H3/t14-,16-,19+,20+,21-,22-,23-,24-/m1/s1. The normalized spacial score (nSPS) is 43.4. The Kier molecular flexibility index (Phi) is 5.28. The summed E-state index contributed by atoms with van der Waals surface area (Å²) in [5.74, 6) is 0.359. The Morgan fingerprint density at radius 3 is 2.47 bits per heavy atom. The minimum absolute atomic E-state index is 0.161. The van der Waals surface area contributed by atoms with Gasteiger partial charge in [-0.2, -0.15) is 13.2 Å². The molecule has 0 amide bonds. The van der Waals surface area contributed by atoms with Crippen molar-refractivity contribution in [3.63, 3.8) is 0 Å². The summed E-state index contributed by atoms with van der Waals surface area (Å²) in [7, 11) is 0. The molecule has 4 nitrogen and oxygen atoms in total. The van der Waals surface area contributed by atoms with E-state index in [1.807, 2.05) is 6.92 Å². The highest BCUT2D eigenvalue weighted by molar-refractivity contribution is 5.64. The van der Waals surface area contributed by atoms with Gasteiger partial charge in [-0.25, -0.2) is 9.78 Å². The van der Waals surface area contributed by atoms with Crippen LogP contribution in [0, 0.1) is 23.7 Å². The molecule has 0 radical (unpaired) electrons. The van der Waals surface area contributed by atoms with Gasteiger partial charge in [0.05, 0.1) is 11.7 Å². The molecule has 1 aromatic carbocycles. The number of hydrogen-bond acceptors (Lipinski definition) is 4. The summed E-state index contributed by atoms with van der Waals surface area (Å²) < 4.78 is 51.7. The first-order chi connectivity index (χ1) is 15.0. The molecule has 2 bridgehead atoms. The van der Waals surface area contributed by atoms with Crippen molar-refractivity contribution in [2.75, 3.05) is 0 Å². The van der Waals surface area contributed by atoms with E-state index in [1.165, 1.54) is 12.1 Å². The lowest BCUT2D eigenvalue weighted by atomic mass is 9.57. The number of ether oxygens (including phenoxy) is 2. The third-order valence-corrected chi connectivity index (χ3v) is 8.36. The first-order valence-corrected chi connectivity index (χ1v) is 11.6. The molecule has 0 aromatic heterocycles. The molecule has 1 spiro atoms. The fourth-order valence-corrected chi connectivity index (χ4v) is 6.47. The van der Waals surface area contributed by atoms with Crippen LogP contribution in [0.25, 0.3) is 5.57 Å². The van der Waals surface area contributed by atoms with Crippen LogP contribution in [0.4, 0.5) is 13.2 Å². The highest BCUT2D eigenvalue weighted by atomic mass is 19.4. The van der Waals surface area contributed by atoms with E-state index in [2.05, 4.69) is 20.4 Å². The monoisotopic (exact) mass is 452 g/mol. The van der Waals surface area contributed by atoms with Crippen LogP contribution in [-0.2, 0) is 25.4 Å². The van der Waals surface area contributed by atoms with Crippen LogP contribution in [0.3, 0.4) is 0 Å². The van der Waals surface area contributed by atoms with Crippen molar-refractivity contribution < 1.29 is 32.4 Å². The SMILES string of the molecule is C=C(C[C@H]1O[C@@H]2O[C@@]3(C)CC[C@H]4[C@H](C)CC[C@@H]([C@H]1C)[C@@]24OO3)c1ccc(C(F)(F)F)cc1. The van der Waals surface area contributed by atoms with Crippen LogP contribution in [0.2, 0.25) is 0 Å². The molecule has 8 atom stereocenters. The van der Waals surface area contributed by atoms with E-state index in [1.54, 1.807) is 0 Å². The molecular weight excluding hydrogens is 421 g/mol. The molecule has 1 saturated carbocycles. The predicted molar refractivity (Wildman–Crippen MR) is 112 cm³/mol. The molecule has 4 saturated heterocycles. The lowest BCUT2D eigenvalue weighted by Crippen LogP contribution is -2.70. The zero-order valence-corrected chi connectivity index (χ0v) is 18.8. The highest BCUT2D eigenvalue weighted by Crippen LogP contribution is 2.61. The summed E-state index contributed by atoms with van der Waals surface area (Å²) in [6.07, 6.45) is -0.646. The number of hydrogen-bond donors (Lipinski definition) is 0. The molecule has 176 valence electrons. The van der Waals surface area contributed by atoms with Gasteiger partial charge in [-0.05, 0) is 73.6 Å². The Balaban J connectivity index is 1.39. The van der Waals surface area contributed by atoms with E-state index in [9.17, 15) is 13.2 Å². The minimum atomic E-state index is -4.35. The Hall–Kier alpha value is -1.41. The van der Waals surface area contributed by atoms with E-state index in [-0.39, 0.29) is 17.9 Å². The second-order valence-corrected chi connectivity index (χ2v) is 10.3. The van der Waals surface area contributed by atoms with Crippen molar-refractivity contribution in [3.05, 3.63) is 42.0 Å². The minimum Gasteiger partial charge on any atom is -0.346 e. The quantitative estimate of drug-likeness (QED) is 0.500. The molecule has 32 heavy (non-hydrogen) atoms. The van der Waals surface area contributed by atoms with Crippen LogP contribution in [0.5, 0.6) is 0 Å². The van der Waals surface area contributed by atoms with E-state index in [4.69, 9.17) is 19.2 Å². The number of halogens is 3. The molecule has 0 N–H and O–H groups in total. The number of benzene rings is 1. The summed E-state index contributed by atoms with van der Waals surface area (Å²) in [5, 5.41) is 0. The Labute approximate surface area is 187 Å². The Morgan fingerprint density at radius 2 is 1.78 bits per heavy atom. The van der Waals surface area contributed by atoms with E-state index >= 15 is 0 Å². The number of alkyl halides is 3. The van der Waals surface area contributed by atoms with Gasteiger partial charge in [-0.15, -0.1) is 0 Å². The molecule has 5 fully saturated rings. The van der Waals surface area contributed by atoms with Crippen molar-refractivity contribution in [1.82, 2.24) is 0 Å². The van der Waals surface area contributed by atoms with Crippen LogP contribution in [0.15, 0.2) is 30.8 Å². The smallest absolute Gasteiger partial charge is 0.346 e. The maximum absolute atomic E-state index is 12.9. The zero-order valence-electron chi connectivity index (χ0n) is 18.8. The maximum atomic E-state index is 12.9. The van der Waals surface area contributed by atoms with Crippen LogP contribution in [-0.4, -0.2) is 23.8 Å². The summed E-state index contributed by atoms with van der Waals surface area (Å²) in [4.78, 5) is 12.0. The second-order valence-electron chi connectivity index (χ2n) is 10.3. The lowest BCUT2D eigenvalue weighted by Gasteiger charge is -2.60. The fraction of sp³-hybridized carbons (Fsp3) is 0.680. The van der Waals surface area contributed by atoms with Gasteiger partial charge >= 0.3 is 6.18 Å². The molecule has 4 aliphatic heterocycles. The summed E-state index contributed by atoms with van der Waals surface area (Å²) >= 11 is 0. The summed E-state index contributed by atoms with van der Waals surface area (Å²) in [5.41, 5.74) is 0.182. The average Bonchev–Trinajstić information content (AvgIpc) is 2.97. The first-order valence-electron chi connectivity index (χ1n) is 11.6. The fourth-order valence-electron chi connectivity index (χ4n) is 6.47. The third kappa shape index (κ3) is 3.44. The molecule has 1 aliphatic carbocycles. The molecule has 5 aliphatic rings. The van der Waals surface area contributed by atoms with Gasteiger partial charge in [0.25, 0.3) is 0 Å². The number of fused-ring (bicyclic) bond motifs is 2. The summed E-state index contributed by atoms with van der Waals surface area (Å²) in [6.45, 7) is 10.5.